The highest BCUT2D eigenvalue weighted by Crippen LogP contribution is 2.55. The quantitative estimate of drug-likeness (QED) is 0.694. The lowest BCUT2D eigenvalue weighted by molar-refractivity contribution is -0.149. The molecule has 30 heavy (non-hydrogen) atoms. The number of hydrogen-bond donors (Lipinski definition) is 1. The SMILES string of the molecule is CCOC(=O)C1SC(Nc2ccccc2)=NC12OC(C)(C)C(C)=C2c1ccccc1. The van der Waals surface area contributed by atoms with E-state index in [4.69, 9.17) is 14.5 Å². The Morgan fingerprint density at radius 2 is 1.77 bits per heavy atom. The molecule has 0 bridgehead atoms. The lowest BCUT2D eigenvalue weighted by Gasteiger charge is -2.32. The molecule has 0 radical (unpaired) electrons. The molecule has 1 N–H and O–H groups in total. The van der Waals surface area contributed by atoms with Gasteiger partial charge in [-0.05, 0) is 51.0 Å². The standard InChI is InChI=1S/C24H26N2O3S/c1-5-28-21(27)20-24(26-22(30-20)25-18-14-10-7-11-15-18)19(16(2)23(3,4)29-24)17-12-8-6-9-13-17/h6-15,20H,5H2,1-4H3,(H,25,26). The van der Waals surface area contributed by atoms with Gasteiger partial charge in [0.1, 0.15) is 0 Å². The number of carbonyl (C=O) groups excluding carboxylic acids is 1. The molecular formula is C24H26N2O3S. The smallest absolute Gasteiger partial charge is 0.325 e. The summed E-state index contributed by atoms with van der Waals surface area (Å²) in [6, 6.07) is 19.8. The molecule has 2 unspecified atom stereocenters. The van der Waals surface area contributed by atoms with Gasteiger partial charge in [0, 0.05) is 11.3 Å². The zero-order valence-electron chi connectivity index (χ0n) is 17.6. The van der Waals surface area contributed by atoms with Crippen molar-refractivity contribution in [2.45, 2.75) is 44.3 Å². The van der Waals surface area contributed by atoms with E-state index in [1.54, 1.807) is 0 Å². The van der Waals surface area contributed by atoms with Crippen molar-refractivity contribution in [3.8, 4) is 0 Å². The number of para-hydroxylation sites is 1. The monoisotopic (exact) mass is 422 g/mol. The van der Waals surface area contributed by atoms with Crippen molar-refractivity contribution in [1.82, 2.24) is 0 Å². The number of esters is 1. The van der Waals surface area contributed by atoms with Crippen molar-refractivity contribution in [2.24, 2.45) is 4.99 Å². The van der Waals surface area contributed by atoms with Gasteiger partial charge in [-0.3, -0.25) is 4.79 Å². The van der Waals surface area contributed by atoms with Crippen LogP contribution in [0.4, 0.5) is 5.69 Å². The van der Waals surface area contributed by atoms with E-state index in [0.717, 1.165) is 22.4 Å². The topological polar surface area (TPSA) is 59.9 Å². The summed E-state index contributed by atoms with van der Waals surface area (Å²) in [6.07, 6.45) is 0. The van der Waals surface area contributed by atoms with Crippen LogP contribution in [0.1, 0.15) is 33.3 Å². The van der Waals surface area contributed by atoms with Gasteiger partial charge in [-0.15, -0.1) is 0 Å². The van der Waals surface area contributed by atoms with Crippen LogP contribution >= 0.6 is 11.8 Å². The molecule has 2 atom stereocenters. The first-order valence-corrected chi connectivity index (χ1v) is 11.0. The van der Waals surface area contributed by atoms with Gasteiger partial charge in [-0.25, -0.2) is 4.99 Å². The summed E-state index contributed by atoms with van der Waals surface area (Å²) in [5.74, 6) is -0.324. The Balaban J connectivity index is 1.84. The molecule has 1 spiro atoms. The molecule has 2 heterocycles. The predicted molar refractivity (Wildman–Crippen MR) is 122 cm³/mol. The number of aliphatic imine (C=N–C) groups is 1. The van der Waals surface area contributed by atoms with E-state index in [9.17, 15) is 4.79 Å². The summed E-state index contributed by atoms with van der Waals surface area (Å²) in [6.45, 7) is 8.21. The first-order valence-electron chi connectivity index (χ1n) is 10.1. The fourth-order valence-electron chi connectivity index (χ4n) is 3.93. The minimum Gasteiger partial charge on any atom is -0.465 e. The number of ether oxygens (including phenoxy) is 2. The van der Waals surface area contributed by atoms with E-state index in [2.05, 4.69) is 12.2 Å². The number of thioether (sulfide) groups is 1. The van der Waals surface area contributed by atoms with Crippen molar-refractivity contribution in [3.05, 3.63) is 71.8 Å². The van der Waals surface area contributed by atoms with E-state index in [-0.39, 0.29) is 5.97 Å². The highest BCUT2D eigenvalue weighted by atomic mass is 32.2. The largest absolute Gasteiger partial charge is 0.465 e. The minimum atomic E-state index is -1.15. The molecular weight excluding hydrogens is 396 g/mol. The summed E-state index contributed by atoms with van der Waals surface area (Å²) in [4.78, 5) is 18.0. The molecule has 0 amide bonds. The zero-order valence-corrected chi connectivity index (χ0v) is 18.5. The van der Waals surface area contributed by atoms with Crippen molar-refractivity contribution >= 4 is 34.2 Å². The normalized spacial score (nSPS) is 24.8. The third-order valence-corrected chi connectivity index (χ3v) is 6.65. The van der Waals surface area contributed by atoms with E-state index in [0.29, 0.717) is 11.8 Å². The summed E-state index contributed by atoms with van der Waals surface area (Å²) in [5, 5.41) is 3.33. The van der Waals surface area contributed by atoms with Crippen molar-refractivity contribution < 1.29 is 14.3 Å². The molecule has 2 aromatic carbocycles. The second-order valence-electron chi connectivity index (χ2n) is 7.83. The molecule has 0 saturated heterocycles. The van der Waals surface area contributed by atoms with Crippen LogP contribution in [0.3, 0.4) is 0 Å². The molecule has 156 valence electrons. The lowest BCUT2D eigenvalue weighted by Crippen LogP contribution is -2.45. The second-order valence-corrected chi connectivity index (χ2v) is 8.93. The molecule has 5 nitrogen and oxygen atoms in total. The predicted octanol–water partition coefficient (Wildman–Crippen LogP) is 5.11. The molecule has 2 aliphatic heterocycles. The van der Waals surface area contributed by atoms with Gasteiger partial charge in [0.15, 0.2) is 10.4 Å². The number of rotatable bonds is 4. The van der Waals surface area contributed by atoms with Gasteiger partial charge in [0.2, 0.25) is 5.72 Å². The van der Waals surface area contributed by atoms with Gasteiger partial charge >= 0.3 is 5.97 Å². The fourth-order valence-corrected chi connectivity index (χ4v) is 5.06. The minimum absolute atomic E-state index is 0.306. The Bertz CT molecular complexity index is 1000. The van der Waals surface area contributed by atoms with Crippen molar-refractivity contribution in [1.29, 1.82) is 0 Å². The summed E-state index contributed by atoms with van der Waals surface area (Å²) < 4.78 is 12.0. The molecule has 0 aromatic heterocycles. The summed E-state index contributed by atoms with van der Waals surface area (Å²) in [7, 11) is 0. The Morgan fingerprint density at radius 1 is 1.13 bits per heavy atom. The van der Waals surface area contributed by atoms with Crippen LogP contribution in [-0.2, 0) is 14.3 Å². The number of nitrogens with zero attached hydrogens (tertiary/aromatic N) is 1. The van der Waals surface area contributed by atoms with Crippen LogP contribution in [0.2, 0.25) is 0 Å². The highest BCUT2D eigenvalue weighted by molar-refractivity contribution is 8.15. The second kappa shape index (κ2) is 7.93. The van der Waals surface area contributed by atoms with Gasteiger partial charge in [0.25, 0.3) is 0 Å². The number of anilines is 1. The van der Waals surface area contributed by atoms with Crippen LogP contribution in [0.25, 0.3) is 5.57 Å². The van der Waals surface area contributed by atoms with E-state index in [1.807, 2.05) is 81.4 Å². The average Bonchev–Trinajstić information content (AvgIpc) is 3.16. The number of carbonyl (C=O) groups is 1. The third-order valence-electron chi connectivity index (χ3n) is 5.49. The molecule has 2 aromatic rings. The van der Waals surface area contributed by atoms with Crippen molar-refractivity contribution in [3.63, 3.8) is 0 Å². The Labute approximate surface area is 181 Å². The molecule has 4 rings (SSSR count). The number of nitrogens with one attached hydrogen (secondary N) is 1. The Hall–Kier alpha value is -2.57. The number of hydrogen-bond acceptors (Lipinski definition) is 6. The zero-order chi connectivity index (χ0) is 21.4. The first-order chi connectivity index (χ1) is 14.4. The maximum atomic E-state index is 13.1. The Morgan fingerprint density at radius 3 is 2.40 bits per heavy atom. The number of amidine groups is 1. The molecule has 0 saturated carbocycles. The van der Waals surface area contributed by atoms with Crippen LogP contribution < -0.4 is 5.32 Å². The molecule has 0 fully saturated rings. The third kappa shape index (κ3) is 3.55. The maximum Gasteiger partial charge on any atom is 0.325 e. The van der Waals surface area contributed by atoms with Gasteiger partial charge in [-0.1, -0.05) is 60.3 Å². The van der Waals surface area contributed by atoms with Crippen LogP contribution in [0, 0.1) is 0 Å². The maximum absolute atomic E-state index is 13.1. The molecule has 2 aliphatic rings. The highest BCUT2D eigenvalue weighted by Gasteiger charge is 2.61. The first kappa shape index (κ1) is 20.7. The molecule has 0 aliphatic carbocycles. The lowest BCUT2D eigenvalue weighted by atomic mass is 9.87. The summed E-state index contributed by atoms with van der Waals surface area (Å²) >= 11 is 1.36. The molecule has 6 heteroatoms. The van der Waals surface area contributed by atoms with Gasteiger partial charge in [-0.2, -0.15) is 0 Å². The van der Waals surface area contributed by atoms with Gasteiger partial charge in [0.05, 0.1) is 12.2 Å². The van der Waals surface area contributed by atoms with Gasteiger partial charge < -0.3 is 14.8 Å². The van der Waals surface area contributed by atoms with E-state index < -0.39 is 16.6 Å². The van der Waals surface area contributed by atoms with Crippen molar-refractivity contribution in [2.75, 3.05) is 11.9 Å². The van der Waals surface area contributed by atoms with E-state index in [1.165, 1.54) is 11.8 Å². The van der Waals surface area contributed by atoms with Crippen LogP contribution in [0.15, 0.2) is 71.2 Å². The Kier molecular flexibility index (Phi) is 5.47. The number of benzene rings is 2. The average molecular weight is 423 g/mol. The van der Waals surface area contributed by atoms with E-state index >= 15 is 0 Å². The van der Waals surface area contributed by atoms with Crippen LogP contribution in [-0.4, -0.2) is 34.3 Å². The summed E-state index contributed by atoms with van der Waals surface area (Å²) in [5.41, 5.74) is 2.19. The van der Waals surface area contributed by atoms with Crippen LogP contribution in [0.5, 0.6) is 0 Å². The fraction of sp³-hybridized carbons (Fsp3) is 0.333.